The number of aromatic nitrogens is 1. The molecule has 0 unspecified atom stereocenters. The van der Waals surface area contributed by atoms with E-state index >= 15 is 0 Å². The number of hydrogen-bond donors (Lipinski definition) is 2. The molecule has 1 aliphatic heterocycles. The number of anilines is 1. The minimum Gasteiger partial charge on any atom is -0.357 e. The van der Waals surface area contributed by atoms with E-state index in [0.717, 1.165) is 36.9 Å². The van der Waals surface area contributed by atoms with Gasteiger partial charge in [0.05, 0.1) is 11.6 Å². The highest BCUT2D eigenvalue weighted by Crippen LogP contribution is 2.37. The highest BCUT2D eigenvalue weighted by Gasteiger charge is 2.41. The van der Waals surface area contributed by atoms with E-state index in [1.165, 1.54) is 12.8 Å². The normalized spacial score (nSPS) is 23.0. The SMILES string of the molecule is CCNC(=NCCc1csc(N2CCCC2)n1)NC1CCC(C(F)(F)F)CC1.I. The molecule has 3 rings (SSSR count). The number of rotatable bonds is 6. The molecular formula is C19H31F3IN5S. The van der Waals surface area contributed by atoms with Crippen molar-refractivity contribution in [1.29, 1.82) is 0 Å². The van der Waals surface area contributed by atoms with Crippen LogP contribution in [0.3, 0.4) is 0 Å². The number of alkyl halides is 3. The first-order valence-corrected chi connectivity index (χ1v) is 11.1. The van der Waals surface area contributed by atoms with Gasteiger partial charge in [0.1, 0.15) is 0 Å². The maximum atomic E-state index is 12.8. The zero-order chi connectivity index (χ0) is 20.0. The van der Waals surface area contributed by atoms with Crippen LogP contribution >= 0.6 is 35.3 Å². The summed E-state index contributed by atoms with van der Waals surface area (Å²) in [5.74, 6) is -0.465. The van der Waals surface area contributed by atoms with Crippen LogP contribution in [0.5, 0.6) is 0 Å². The zero-order valence-electron chi connectivity index (χ0n) is 16.8. The molecule has 10 heteroatoms. The molecule has 0 aromatic carbocycles. The number of halogens is 4. The molecule has 0 amide bonds. The molecule has 0 bridgehead atoms. The maximum absolute atomic E-state index is 12.8. The van der Waals surface area contributed by atoms with Crippen molar-refractivity contribution >= 4 is 46.4 Å². The first kappa shape index (κ1) is 24.5. The van der Waals surface area contributed by atoms with Gasteiger partial charge in [-0.2, -0.15) is 13.2 Å². The van der Waals surface area contributed by atoms with E-state index in [1.54, 1.807) is 11.3 Å². The van der Waals surface area contributed by atoms with Gasteiger partial charge in [-0.05, 0) is 45.4 Å². The molecule has 1 aromatic rings. The van der Waals surface area contributed by atoms with Crippen molar-refractivity contribution in [3.8, 4) is 0 Å². The van der Waals surface area contributed by atoms with Crippen LogP contribution in [0.25, 0.3) is 0 Å². The van der Waals surface area contributed by atoms with Crippen LogP contribution in [0, 0.1) is 5.92 Å². The molecular weight excluding hydrogens is 514 g/mol. The Bertz CT molecular complexity index is 638. The van der Waals surface area contributed by atoms with Gasteiger partial charge in [0, 0.05) is 44.0 Å². The quantitative estimate of drug-likeness (QED) is 0.312. The van der Waals surface area contributed by atoms with E-state index in [2.05, 4.69) is 25.9 Å². The molecule has 1 aromatic heterocycles. The van der Waals surface area contributed by atoms with Gasteiger partial charge in [-0.3, -0.25) is 4.99 Å². The van der Waals surface area contributed by atoms with E-state index < -0.39 is 12.1 Å². The number of guanidine groups is 1. The lowest BCUT2D eigenvalue weighted by molar-refractivity contribution is -0.182. The fraction of sp³-hybridized carbons (Fsp3) is 0.789. The van der Waals surface area contributed by atoms with E-state index in [0.29, 0.717) is 25.3 Å². The third-order valence-electron chi connectivity index (χ3n) is 5.43. The van der Waals surface area contributed by atoms with E-state index in [1.807, 2.05) is 6.92 Å². The highest BCUT2D eigenvalue weighted by atomic mass is 127. The second-order valence-corrected chi connectivity index (χ2v) is 8.40. The summed E-state index contributed by atoms with van der Waals surface area (Å²) < 4.78 is 38.4. The van der Waals surface area contributed by atoms with Crippen LogP contribution in [-0.2, 0) is 6.42 Å². The Hall–Kier alpha value is -0.780. The molecule has 1 saturated heterocycles. The summed E-state index contributed by atoms with van der Waals surface area (Å²) in [5.41, 5.74) is 1.05. The number of aliphatic imine (C=N–C) groups is 1. The first-order valence-electron chi connectivity index (χ1n) is 10.3. The maximum Gasteiger partial charge on any atom is 0.391 e. The summed E-state index contributed by atoms with van der Waals surface area (Å²) in [4.78, 5) is 11.6. The van der Waals surface area contributed by atoms with Crippen LogP contribution in [0.1, 0.15) is 51.1 Å². The predicted octanol–water partition coefficient (Wildman–Crippen LogP) is 4.58. The Labute approximate surface area is 192 Å². The van der Waals surface area contributed by atoms with Crippen LogP contribution in [0.2, 0.25) is 0 Å². The number of nitrogens with zero attached hydrogens (tertiary/aromatic N) is 3. The summed E-state index contributed by atoms with van der Waals surface area (Å²) in [6, 6.07) is 0.0532. The van der Waals surface area contributed by atoms with Crippen LogP contribution in [0.15, 0.2) is 10.4 Å². The molecule has 1 aliphatic carbocycles. The standard InChI is InChI=1S/C19H30F3N5S.HI/c1-2-23-17(25-15-7-5-14(6-8-15)19(20,21)22)24-10-9-16-13-28-18(26-16)27-11-3-4-12-27;/h13-15H,2-12H2,1H3,(H2,23,24,25);1H. The van der Waals surface area contributed by atoms with Crippen LogP contribution in [0.4, 0.5) is 18.3 Å². The molecule has 0 atom stereocenters. The van der Waals surface area contributed by atoms with Gasteiger partial charge >= 0.3 is 6.18 Å². The molecule has 2 fully saturated rings. The Morgan fingerprint density at radius 1 is 1.24 bits per heavy atom. The largest absolute Gasteiger partial charge is 0.391 e. The van der Waals surface area contributed by atoms with Crippen molar-refractivity contribution in [2.24, 2.45) is 10.9 Å². The topological polar surface area (TPSA) is 52.6 Å². The minimum absolute atomic E-state index is 0. The summed E-state index contributed by atoms with van der Waals surface area (Å²) in [5, 5.41) is 9.71. The Morgan fingerprint density at radius 2 is 1.93 bits per heavy atom. The second kappa shape index (κ2) is 11.6. The molecule has 2 N–H and O–H groups in total. The van der Waals surface area contributed by atoms with Gasteiger partial charge in [-0.1, -0.05) is 0 Å². The summed E-state index contributed by atoms with van der Waals surface area (Å²) in [6.45, 7) is 5.50. The number of nitrogens with one attached hydrogen (secondary N) is 2. The Kier molecular flexibility index (Phi) is 9.77. The van der Waals surface area contributed by atoms with Gasteiger partial charge in [-0.15, -0.1) is 35.3 Å². The van der Waals surface area contributed by atoms with Gasteiger partial charge in [0.2, 0.25) is 0 Å². The lowest BCUT2D eigenvalue weighted by Gasteiger charge is -2.31. The molecule has 166 valence electrons. The number of hydrogen-bond acceptors (Lipinski definition) is 4. The fourth-order valence-corrected chi connectivity index (χ4v) is 4.74. The lowest BCUT2D eigenvalue weighted by atomic mass is 9.85. The zero-order valence-corrected chi connectivity index (χ0v) is 19.9. The average Bonchev–Trinajstić information content (AvgIpc) is 3.33. The van der Waals surface area contributed by atoms with Crippen molar-refractivity contribution in [2.75, 3.05) is 31.1 Å². The van der Waals surface area contributed by atoms with Gasteiger partial charge in [-0.25, -0.2) is 4.98 Å². The van der Waals surface area contributed by atoms with Crippen LogP contribution < -0.4 is 15.5 Å². The molecule has 5 nitrogen and oxygen atoms in total. The summed E-state index contributed by atoms with van der Waals surface area (Å²) in [7, 11) is 0. The van der Waals surface area contributed by atoms with Gasteiger partial charge in [0.25, 0.3) is 0 Å². The third-order valence-corrected chi connectivity index (χ3v) is 6.38. The van der Waals surface area contributed by atoms with E-state index in [9.17, 15) is 13.2 Å². The smallest absolute Gasteiger partial charge is 0.357 e. The average molecular weight is 545 g/mol. The van der Waals surface area contributed by atoms with Crippen molar-refractivity contribution in [3.05, 3.63) is 11.1 Å². The Morgan fingerprint density at radius 3 is 2.55 bits per heavy atom. The van der Waals surface area contributed by atoms with Crippen molar-refractivity contribution in [1.82, 2.24) is 15.6 Å². The van der Waals surface area contributed by atoms with Crippen molar-refractivity contribution in [3.63, 3.8) is 0 Å². The van der Waals surface area contributed by atoms with Crippen LogP contribution in [-0.4, -0.2) is 49.3 Å². The van der Waals surface area contributed by atoms with E-state index in [4.69, 9.17) is 4.98 Å². The summed E-state index contributed by atoms with van der Waals surface area (Å²) in [6.07, 6.45) is 0.618. The summed E-state index contributed by atoms with van der Waals surface area (Å²) >= 11 is 1.69. The van der Waals surface area contributed by atoms with Crippen molar-refractivity contribution in [2.45, 2.75) is 64.1 Å². The molecule has 0 spiro atoms. The second-order valence-electron chi connectivity index (χ2n) is 7.56. The molecule has 2 aliphatic rings. The molecule has 0 radical (unpaired) electrons. The molecule has 29 heavy (non-hydrogen) atoms. The number of thiazole rings is 1. The first-order chi connectivity index (χ1) is 13.5. The monoisotopic (exact) mass is 545 g/mol. The fourth-order valence-electron chi connectivity index (χ4n) is 3.83. The molecule has 1 saturated carbocycles. The van der Waals surface area contributed by atoms with E-state index in [-0.39, 0.29) is 42.9 Å². The lowest BCUT2D eigenvalue weighted by Crippen LogP contribution is -2.46. The Balaban J connectivity index is 0.00000300. The van der Waals surface area contributed by atoms with Gasteiger partial charge < -0.3 is 15.5 Å². The third kappa shape index (κ3) is 7.45. The molecule has 2 heterocycles. The van der Waals surface area contributed by atoms with Gasteiger partial charge in [0.15, 0.2) is 11.1 Å². The minimum atomic E-state index is -4.06. The van der Waals surface area contributed by atoms with Crippen molar-refractivity contribution < 1.29 is 13.2 Å². The highest BCUT2D eigenvalue weighted by molar-refractivity contribution is 14.0. The predicted molar refractivity (Wildman–Crippen MR) is 124 cm³/mol.